The van der Waals surface area contributed by atoms with E-state index in [9.17, 15) is 0 Å². The van der Waals surface area contributed by atoms with E-state index in [2.05, 4.69) is 50.0 Å². The Labute approximate surface area is 121 Å². The van der Waals surface area contributed by atoms with Gasteiger partial charge in [-0.05, 0) is 61.7 Å². The molecule has 1 aromatic carbocycles. The second-order valence-electron chi connectivity index (χ2n) is 5.27. The van der Waals surface area contributed by atoms with Gasteiger partial charge in [-0.1, -0.05) is 13.0 Å². The van der Waals surface area contributed by atoms with Crippen molar-refractivity contribution in [3.05, 3.63) is 28.8 Å². The molecule has 2 nitrogen and oxygen atoms in total. The van der Waals surface area contributed by atoms with Crippen LogP contribution in [0.4, 0.5) is 0 Å². The Morgan fingerprint density at radius 2 is 2.16 bits per heavy atom. The summed E-state index contributed by atoms with van der Waals surface area (Å²) in [6.45, 7) is 7.54. The van der Waals surface area contributed by atoms with Crippen LogP contribution in [0.2, 0.25) is 0 Å². The Hall–Kier alpha value is -0.670. The maximum Gasteiger partial charge on any atom is 0.122 e. The summed E-state index contributed by atoms with van der Waals surface area (Å²) in [5, 5.41) is 4.40. The molecule has 1 aliphatic rings. The molecule has 1 fully saturated rings. The molecule has 0 spiro atoms. The highest BCUT2D eigenvalue weighted by Gasteiger charge is 2.27. The van der Waals surface area contributed by atoms with Gasteiger partial charge in [0.25, 0.3) is 0 Å². The molecule has 0 bridgehead atoms. The van der Waals surface area contributed by atoms with Crippen LogP contribution in [0.1, 0.15) is 42.5 Å². The molecular weight excluding hydrogens is 254 g/mol. The lowest BCUT2D eigenvalue weighted by atomic mass is 9.94. The molecular formula is C16H25NOS. The normalized spacial score (nSPS) is 20.5. The zero-order valence-electron chi connectivity index (χ0n) is 12.5. The molecule has 106 valence electrons. The van der Waals surface area contributed by atoms with Crippen molar-refractivity contribution in [2.45, 2.75) is 44.9 Å². The fourth-order valence-corrected chi connectivity index (χ4v) is 4.30. The van der Waals surface area contributed by atoms with E-state index < -0.39 is 0 Å². The first-order valence-corrected chi connectivity index (χ1v) is 8.22. The predicted octanol–water partition coefficient (Wildman–Crippen LogP) is 3.86. The number of nitrogens with one attached hydrogen (secondary N) is 1. The zero-order chi connectivity index (χ0) is 13.8. The third kappa shape index (κ3) is 3.26. The van der Waals surface area contributed by atoms with Crippen LogP contribution < -0.4 is 10.1 Å². The lowest BCUT2D eigenvalue weighted by molar-refractivity contribution is 0.410. The molecule has 0 amide bonds. The van der Waals surface area contributed by atoms with Gasteiger partial charge in [-0.15, -0.1) is 0 Å². The molecule has 19 heavy (non-hydrogen) atoms. The molecule has 1 aromatic rings. The number of rotatable bonds is 5. The minimum Gasteiger partial charge on any atom is -0.496 e. The van der Waals surface area contributed by atoms with Gasteiger partial charge in [0.15, 0.2) is 0 Å². The molecule has 1 N–H and O–H groups in total. The molecule has 0 radical (unpaired) electrons. The Morgan fingerprint density at radius 1 is 1.37 bits per heavy atom. The maximum atomic E-state index is 5.42. The number of aryl methyl sites for hydroxylation is 2. The minimum atomic E-state index is 0.474. The molecule has 1 aliphatic heterocycles. The van der Waals surface area contributed by atoms with Gasteiger partial charge < -0.3 is 10.1 Å². The lowest BCUT2D eigenvalue weighted by Crippen LogP contribution is -2.29. The molecule has 2 unspecified atom stereocenters. The summed E-state index contributed by atoms with van der Waals surface area (Å²) in [6, 6.07) is 4.96. The number of hydrogen-bond acceptors (Lipinski definition) is 3. The van der Waals surface area contributed by atoms with Crippen molar-refractivity contribution >= 4 is 11.8 Å². The van der Waals surface area contributed by atoms with Gasteiger partial charge in [-0.25, -0.2) is 0 Å². The minimum absolute atomic E-state index is 0.474. The van der Waals surface area contributed by atoms with Crippen molar-refractivity contribution in [1.82, 2.24) is 5.32 Å². The molecule has 2 rings (SSSR count). The van der Waals surface area contributed by atoms with E-state index in [0.29, 0.717) is 11.3 Å². The Bertz CT molecular complexity index is 427. The molecule has 0 saturated carbocycles. The van der Waals surface area contributed by atoms with Gasteiger partial charge in [0.1, 0.15) is 5.75 Å². The van der Waals surface area contributed by atoms with E-state index in [-0.39, 0.29) is 0 Å². The van der Waals surface area contributed by atoms with E-state index in [4.69, 9.17) is 4.74 Å². The van der Waals surface area contributed by atoms with Crippen LogP contribution >= 0.6 is 11.8 Å². The molecule has 1 heterocycles. The standard InChI is InChI=1S/C16H25NOS/c1-5-17-16(15-7-6-8-19-15)13-9-12(3)14(18-4)10-11(13)2/h9-10,15-17H,5-8H2,1-4H3. The Morgan fingerprint density at radius 3 is 2.74 bits per heavy atom. The van der Waals surface area contributed by atoms with Gasteiger partial charge in [-0.2, -0.15) is 11.8 Å². The third-order valence-corrected chi connectivity index (χ3v) is 5.34. The number of hydrogen-bond donors (Lipinski definition) is 1. The molecule has 2 atom stereocenters. The first kappa shape index (κ1) is 14.7. The van der Waals surface area contributed by atoms with Gasteiger partial charge in [0, 0.05) is 11.3 Å². The summed E-state index contributed by atoms with van der Waals surface area (Å²) < 4.78 is 5.42. The summed E-state index contributed by atoms with van der Waals surface area (Å²) >= 11 is 2.12. The summed E-state index contributed by atoms with van der Waals surface area (Å²) in [5.41, 5.74) is 4.01. The van der Waals surface area contributed by atoms with Crippen molar-refractivity contribution < 1.29 is 4.74 Å². The van der Waals surface area contributed by atoms with Crippen LogP contribution in [0.15, 0.2) is 12.1 Å². The number of ether oxygens (including phenoxy) is 1. The van der Waals surface area contributed by atoms with Gasteiger partial charge in [0.05, 0.1) is 7.11 Å². The Balaban J connectivity index is 2.32. The number of methoxy groups -OCH3 is 1. The molecule has 0 aliphatic carbocycles. The van der Waals surface area contributed by atoms with E-state index >= 15 is 0 Å². The van der Waals surface area contributed by atoms with E-state index in [1.165, 1.54) is 35.3 Å². The van der Waals surface area contributed by atoms with Crippen LogP contribution in [-0.2, 0) is 0 Å². The average Bonchev–Trinajstić information content (AvgIpc) is 2.92. The fraction of sp³-hybridized carbons (Fsp3) is 0.625. The van der Waals surface area contributed by atoms with Gasteiger partial charge in [0.2, 0.25) is 0 Å². The smallest absolute Gasteiger partial charge is 0.122 e. The quantitative estimate of drug-likeness (QED) is 0.884. The van der Waals surface area contributed by atoms with Crippen molar-refractivity contribution in [2.75, 3.05) is 19.4 Å². The largest absolute Gasteiger partial charge is 0.496 e. The highest BCUT2D eigenvalue weighted by atomic mass is 32.2. The monoisotopic (exact) mass is 279 g/mol. The van der Waals surface area contributed by atoms with Crippen LogP contribution in [0.3, 0.4) is 0 Å². The number of benzene rings is 1. The fourth-order valence-electron chi connectivity index (χ4n) is 2.89. The topological polar surface area (TPSA) is 21.3 Å². The third-order valence-electron chi connectivity index (χ3n) is 3.88. The first-order chi connectivity index (χ1) is 9.17. The highest BCUT2D eigenvalue weighted by Crippen LogP contribution is 2.38. The molecule has 0 aromatic heterocycles. The van der Waals surface area contributed by atoms with Gasteiger partial charge in [-0.3, -0.25) is 0 Å². The van der Waals surface area contributed by atoms with Crippen LogP contribution in [0, 0.1) is 13.8 Å². The second kappa shape index (κ2) is 6.67. The van der Waals surface area contributed by atoms with E-state index in [1.54, 1.807) is 7.11 Å². The second-order valence-corrected chi connectivity index (χ2v) is 6.61. The summed E-state index contributed by atoms with van der Waals surface area (Å²) in [6.07, 6.45) is 2.68. The van der Waals surface area contributed by atoms with Crippen molar-refractivity contribution in [3.63, 3.8) is 0 Å². The molecule has 1 saturated heterocycles. The lowest BCUT2D eigenvalue weighted by Gasteiger charge is -2.26. The molecule has 3 heteroatoms. The van der Waals surface area contributed by atoms with E-state index in [1.807, 2.05) is 0 Å². The van der Waals surface area contributed by atoms with Crippen LogP contribution in [0.25, 0.3) is 0 Å². The first-order valence-electron chi connectivity index (χ1n) is 7.17. The van der Waals surface area contributed by atoms with E-state index in [0.717, 1.165) is 12.3 Å². The van der Waals surface area contributed by atoms with Crippen molar-refractivity contribution in [3.8, 4) is 5.75 Å². The SMILES string of the molecule is CCNC(c1cc(C)c(OC)cc1C)C1CCCS1. The zero-order valence-corrected chi connectivity index (χ0v) is 13.3. The predicted molar refractivity (Wildman–Crippen MR) is 84.4 cm³/mol. The van der Waals surface area contributed by atoms with Crippen molar-refractivity contribution in [1.29, 1.82) is 0 Å². The van der Waals surface area contributed by atoms with Crippen molar-refractivity contribution in [2.24, 2.45) is 0 Å². The highest BCUT2D eigenvalue weighted by molar-refractivity contribution is 8.00. The Kier molecular flexibility index (Phi) is 5.17. The maximum absolute atomic E-state index is 5.42. The summed E-state index contributed by atoms with van der Waals surface area (Å²) in [4.78, 5) is 0. The van der Waals surface area contributed by atoms with Crippen LogP contribution in [0.5, 0.6) is 5.75 Å². The van der Waals surface area contributed by atoms with Gasteiger partial charge >= 0.3 is 0 Å². The number of thioether (sulfide) groups is 1. The summed E-state index contributed by atoms with van der Waals surface area (Å²) in [7, 11) is 1.75. The average molecular weight is 279 g/mol. The summed E-state index contributed by atoms with van der Waals surface area (Å²) in [5.74, 6) is 2.30. The van der Waals surface area contributed by atoms with Crippen LogP contribution in [-0.4, -0.2) is 24.7 Å².